The molecular formula is C32H53N2+. The van der Waals surface area contributed by atoms with Crippen molar-refractivity contribution in [3.63, 3.8) is 0 Å². The molecule has 0 amide bonds. The van der Waals surface area contributed by atoms with E-state index in [1.165, 1.54) is 121 Å². The van der Waals surface area contributed by atoms with Crippen LogP contribution in [-0.4, -0.2) is 12.4 Å². The lowest BCUT2D eigenvalue weighted by atomic mass is 9.78. The van der Waals surface area contributed by atoms with E-state index in [-0.39, 0.29) is 0 Å². The van der Waals surface area contributed by atoms with Crippen LogP contribution in [0.5, 0.6) is 0 Å². The largest absolute Gasteiger partial charge is 0.244 e. The van der Waals surface area contributed by atoms with Crippen molar-refractivity contribution in [2.24, 2.45) is 21.8 Å². The molecule has 1 aliphatic rings. The molecule has 34 heavy (non-hydrogen) atoms. The van der Waals surface area contributed by atoms with E-state index in [1.807, 2.05) is 12.4 Å². The van der Waals surface area contributed by atoms with Crippen LogP contribution in [0.2, 0.25) is 0 Å². The van der Waals surface area contributed by atoms with E-state index in [0.29, 0.717) is 11.8 Å². The van der Waals surface area contributed by atoms with Crippen LogP contribution in [0, 0.1) is 18.0 Å². The average Bonchev–Trinajstić information content (AvgIpc) is 3.39. The smallest absolute Gasteiger partial charge is 0.0965 e. The highest BCUT2D eigenvalue weighted by Crippen LogP contribution is 2.37. The van der Waals surface area contributed by atoms with Crippen LogP contribution in [0.25, 0.3) is 0 Å². The van der Waals surface area contributed by atoms with Crippen LogP contribution in [0.4, 0.5) is 0 Å². The zero-order valence-corrected chi connectivity index (χ0v) is 22.5. The van der Waals surface area contributed by atoms with Crippen LogP contribution in [0.1, 0.15) is 135 Å². The SMILES string of the molecule is CCCCCCCCCCCCCC(Cc1ccccc1)C(CCCCCCC)[C+]1N=CC=N1. The molecule has 2 nitrogen and oxygen atoms in total. The molecule has 1 aromatic carbocycles. The quantitative estimate of drug-likeness (QED) is 0.120. The molecule has 0 spiro atoms. The van der Waals surface area contributed by atoms with Gasteiger partial charge in [0.25, 0.3) is 0 Å². The third kappa shape index (κ3) is 12.8. The summed E-state index contributed by atoms with van der Waals surface area (Å²) in [7, 11) is 0. The first-order valence-electron chi connectivity index (χ1n) is 14.8. The summed E-state index contributed by atoms with van der Waals surface area (Å²) in [5, 5.41) is 0. The van der Waals surface area contributed by atoms with Crippen molar-refractivity contribution in [2.45, 2.75) is 136 Å². The number of nitrogens with zero attached hydrogens (tertiary/aromatic N) is 2. The number of hydrogen-bond acceptors (Lipinski definition) is 2. The standard InChI is InChI=1S/C32H53N2/c1-3-5-7-9-10-11-12-13-14-16-20-24-30(28-29-22-18-17-19-23-29)31(32-33-26-27-34-32)25-21-15-8-6-4-2/h17-19,22-23,26-27,30-31H,3-16,20-21,24-25,28H2,1-2H3/q+1. The van der Waals surface area contributed by atoms with E-state index in [4.69, 9.17) is 0 Å². The zero-order valence-electron chi connectivity index (χ0n) is 22.5. The lowest BCUT2D eigenvalue weighted by Crippen LogP contribution is -2.22. The van der Waals surface area contributed by atoms with Gasteiger partial charge in [-0.25, -0.2) is 0 Å². The summed E-state index contributed by atoms with van der Waals surface area (Å²) in [4.78, 5) is 9.38. The van der Waals surface area contributed by atoms with Gasteiger partial charge < -0.3 is 0 Å². The van der Waals surface area contributed by atoms with Crippen LogP contribution in [0.15, 0.2) is 40.3 Å². The van der Waals surface area contributed by atoms with E-state index in [1.54, 1.807) is 0 Å². The fourth-order valence-corrected chi connectivity index (χ4v) is 5.42. The molecule has 1 aliphatic heterocycles. The highest BCUT2D eigenvalue weighted by Gasteiger charge is 2.35. The molecule has 0 saturated carbocycles. The topological polar surface area (TPSA) is 24.7 Å². The molecule has 1 heterocycles. The highest BCUT2D eigenvalue weighted by molar-refractivity contribution is 6.18. The molecule has 0 fully saturated rings. The van der Waals surface area contributed by atoms with E-state index < -0.39 is 0 Å². The summed E-state index contributed by atoms with van der Waals surface area (Å²) in [6.45, 7) is 4.59. The van der Waals surface area contributed by atoms with E-state index >= 15 is 0 Å². The van der Waals surface area contributed by atoms with E-state index in [9.17, 15) is 0 Å². The normalized spacial score (nSPS) is 14.7. The van der Waals surface area contributed by atoms with Gasteiger partial charge in [-0.15, -0.1) is 0 Å². The van der Waals surface area contributed by atoms with Gasteiger partial charge >= 0.3 is 0 Å². The predicted octanol–water partition coefficient (Wildman–Crippen LogP) is 10.2. The Kier molecular flexibility index (Phi) is 16.6. The molecule has 0 saturated heterocycles. The van der Waals surface area contributed by atoms with Gasteiger partial charge in [-0.05, 0) is 30.7 Å². The van der Waals surface area contributed by atoms with Gasteiger partial charge in [-0.3, -0.25) is 0 Å². The maximum absolute atomic E-state index is 4.69. The summed E-state index contributed by atoms with van der Waals surface area (Å²) < 4.78 is 0. The van der Waals surface area contributed by atoms with Gasteiger partial charge in [-0.1, -0.05) is 157 Å². The fourth-order valence-electron chi connectivity index (χ4n) is 5.42. The number of hydrogen-bond donors (Lipinski definition) is 0. The van der Waals surface area contributed by atoms with Crippen LogP contribution < -0.4 is 0 Å². The number of unbranched alkanes of at least 4 members (excludes halogenated alkanes) is 14. The van der Waals surface area contributed by atoms with Crippen molar-refractivity contribution >= 4 is 12.4 Å². The molecule has 0 aromatic heterocycles. The van der Waals surface area contributed by atoms with Crippen molar-refractivity contribution in [3.8, 4) is 0 Å². The summed E-state index contributed by atoms with van der Waals surface area (Å²) in [5.74, 6) is 1.15. The van der Waals surface area contributed by atoms with Crippen LogP contribution in [-0.2, 0) is 6.42 Å². The highest BCUT2D eigenvalue weighted by atomic mass is 15.0. The fraction of sp³-hybridized carbons (Fsp3) is 0.719. The Morgan fingerprint density at radius 1 is 0.588 bits per heavy atom. The monoisotopic (exact) mass is 465 g/mol. The minimum absolute atomic E-state index is 0.500. The average molecular weight is 466 g/mol. The minimum Gasteiger partial charge on any atom is -0.0965 e. The lowest BCUT2D eigenvalue weighted by Gasteiger charge is -2.26. The first kappa shape index (κ1) is 28.7. The van der Waals surface area contributed by atoms with Gasteiger partial charge in [0.2, 0.25) is 6.17 Å². The maximum atomic E-state index is 4.69. The third-order valence-corrected chi connectivity index (χ3v) is 7.52. The molecule has 0 radical (unpaired) electrons. The summed E-state index contributed by atoms with van der Waals surface area (Å²) in [6, 6.07) is 11.1. The molecule has 1 aromatic rings. The number of benzene rings is 1. The van der Waals surface area contributed by atoms with Gasteiger partial charge in [-0.2, -0.15) is 0 Å². The number of rotatable bonds is 22. The predicted molar refractivity (Wildman–Crippen MR) is 152 cm³/mol. The molecule has 0 bridgehead atoms. The molecule has 0 aliphatic carbocycles. The van der Waals surface area contributed by atoms with Gasteiger partial charge in [0.15, 0.2) is 12.4 Å². The Morgan fingerprint density at radius 2 is 1.06 bits per heavy atom. The molecule has 2 heteroatoms. The van der Waals surface area contributed by atoms with Gasteiger partial charge in [0.1, 0.15) is 0 Å². The summed E-state index contributed by atoms with van der Waals surface area (Å²) in [5.41, 5.74) is 1.47. The minimum atomic E-state index is 0.500. The van der Waals surface area contributed by atoms with Crippen LogP contribution in [0.3, 0.4) is 0 Å². The van der Waals surface area contributed by atoms with E-state index in [0.717, 1.165) is 12.6 Å². The Hall–Kier alpha value is -1.57. The lowest BCUT2D eigenvalue weighted by molar-refractivity contribution is 0.284. The molecule has 2 rings (SSSR count). The zero-order chi connectivity index (χ0) is 24.1. The Labute approximate surface area is 212 Å². The van der Waals surface area contributed by atoms with Crippen molar-refractivity contribution in [3.05, 3.63) is 42.1 Å². The second kappa shape index (κ2) is 19.7. The molecule has 0 N–H and O–H groups in total. The van der Waals surface area contributed by atoms with Crippen molar-refractivity contribution in [1.82, 2.24) is 0 Å². The second-order valence-electron chi connectivity index (χ2n) is 10.5. The van der Waals surface area contributed by atoms with Crippen LogP contribution >= 0.6 is 0 Å². The Bertz CT molecular complexity index is 624. The maximum Gasteiger partial charge on any atom is 0.244 e. The molecular weight excluding hydrogens is 412 g/mol. The van der Waals surface area contributed by atoms with Crippen molar-refractivity contribution in [1.29, 1.82) is 0 Å². The summed E-state index contributed by atoms with van der Waals surface area (Å²) in [6.07, 6.45) is 30.8. The molecule has 2 atom stereocenters. The van der Waals surface area contributed by atoms with Gasteiger partial charge in [0.05, 0.1) is 5.92 Å². The van der Waals surface area contributed by atoms with Crippen molar-refractivity contribution < 1.29 is 0 Å². The Balaban J connectivity index is 1.80. The third-order valence-electron chi connectivity index (χ3n) is 7.52. The molecule has 2 unspecified atom stereocenters. The molecule has 190 valence electrons. The second-order valence-corrected chi connectivity index (χ2v) is 10.5. The Morgan fingerprint density at radius 3 is 1.59 bits per heavy atom. The van der Waals surface area contributed by atoms with Gasteiger partial charge in [0, 0.05) is 0 Å². The van der Waals surface area contributed by atoms with Crippen molar-refractivity contribution in [2.75, 3.05) is 0 Å². The first-order valence-corrected chi connectivity index (χ1v) is 14.8. The first-order chi connectivity index (χ1) is 16.8. The number of aliphatic imine (C=N–C) groups is 2. The van der Waals surface area contributed by atoms with E-state index in [2.05, 4.69) is 54.2 Å². The summed E-state index contributed by atoms with van der Waals surface area (Å²) >= 11 is 0.